The van der Waals surface area contributed by atoms with Gasteiger partial charge in [0.2, 0.25) is 5.69 Å². The number of hydrogen-bond acceptors (Lipinski definition) is 5. The third-order valence-electron chi connectivity index (χ3n) is 1.26. The van der Waals surface area contributed by atoms with Crippen LogP contribution in [-0.4, -0.2) is 15.9 Å². The zero-order valence-corrected chi connectivity index (χ0v) is 5.37. The predicted octanol–water partition coefficient (Wildman–Crippen LogP) is -0.677. The Morgan fingerprint density at radius 3 is 3.09 bits per heavy atom. The lowest BCUT2D eigenvalue weighted by molar-refractivity contribution is 0.585. The van der Waals surface area contributed by atoms with Crippen LogP contribution in [-0.2, 0) is 0 Å². The molecule has 3 N–H and O–H groups in total. The van der Waals surface area contributed by atoms with Crippen molar-refractivity contribution in [3.8, 4) is 0 Å². The van der Waals surface area contributed by atoms with E-state index in [-0.39, 0.29) is 17.5 Å². The van der Waals surface area contributed by atoms with Crippen LogP contribution in [0.4, 0.5) is 15.9 Å². The Labute approximate surface area is 61.2 Å². The second kappa shape index (κ2) is 1.88. The third kappa shape index (κ3) is 0.794. The molecule has 0 spiro atoms. The van der Waals surface area contributed by atoms with Gasteiger partial charge in [-0.05, 0) is 0 Å². The molecule has 0 saturated carbocycles. The van der Waals surface area contributed by atoms with E-state index in [1.54, 1.807) is 0 Å². The van der Waals surface area contributed by atoms with E-state index >= 15 is 0 Å². The molecule has 1 aromatic rings. The van der Waals surface area contributed by atoms with Crippen molar-refractivity contribution in [2.45, 2.75) is 0 Å². The van der Waals surface area contributed by atoms with Crippen molar-refractivity contribution in [2.75, 3.05) is 5.32 Å². The second-order valence-electron chi connectivity index (χ2n) is 1.99. The Bertz CT molecular complexity index is 334. The molecule has 0 atom stereocenters. The Morgan fingerprint density at radius 2 is 2.36 bits per heavy atom. The number of nitrogens with zero attached hydrogens (tertiary/aromatic N) is 3. The van der Waals surface area contributed by atoms with E-state index in [2.05, 4.69) is 20.3 Å². The van der Waals surface area contributed by atoms with Gasteiger partial charge in [0, 0.05) is 0 Å². The molecule has 0 bridgehead atoms. The van der Waals surface area contributed by atoms with Crippen molar-refractivity contribution in [3.05, 3.63) is 12.3 Å². The van der Waals surface area contributed by atoms with Gasteiger partial charge in [0.15, 0.2) is 6.33 Å². The maximum absolute atomic E-state index is 12.7. The number of rotatable bonds is 0. The summed E-state index contributed by atoms with van der Waals surface area (Å²) in [5.74, 6) is -0.256. The summed E-state index contributed by atoms with van der Waals surface area (Å²) in [5.41, 5.74) is 5.40. The molecule has 0 amide bonds. The highest BCUT2D eigenvalue weighted by Gasteiger charge is 2.25. The van der Waals surface area contributed by atoms with Crippen molar-refractivity contribution in [3.63, 3.8) is 0 Å². The number of aromatic nitrogens is 2. The van der Waals surface area contributed by atoms with Crippen LogP contribution in [0.1, 0.15) is 0 Å². The summed E-state index contributed by atoms with van der Waals surface area (Å²) in [4.78, 5) is 10.7. The van der Waals surface area contributed by atoms with Gasteiger partial charge in [-0.2, -0.15) is 9.37 Å². The second-order valence-corrected chi connectivity index (χ2v) is 1.99. The van der Waals surface area contributed by atoms with Crippen LogP contribution in [0.2, 0.25) is 0 Å². The SMILES string of the molecule is NC1=[N+]c2ncnc(F)c2N1. The fraction of sp³-hybridized carbons (Fsp3) is 0. The molecule has 0 aliphatic carbocycles. The fourth-order valence-electron chi connectivity index (χ4n) is 0.818. The molecular weight excluding hydrogens is 149 g/mol. The lowest BCUT2D eigenvalue weighted by atomic mass is 10.5. The minimum atomic E-state index is -0.640. The van der Waals surface area contributed by atoms with Gasteiger partial charge < -0.3 is 5.73 Å². The molecule has 2 heterocycles. The summed E-state index contributed by atoms with van der Waals surface area (Å²) in [6.45, 7) is 0. The van der Waals surface area contributed by atoms with E-state index in [4.69, 9.17) is 5.73 Å². The van der Waals surface area contributed by atoms with Gasteiger partial charge in [-0.1, -0.05) is 4.99 Å². The van der Waals surface area contributed by atoms with Gasteiger partial charge in [0.05, 0.1) is 0 Å². The molecule has 1 aromatic heterocycles. The minimum absolute atomic E-state index is 0.138. The van der Waals surface area contributed by atoms with Crippen molar-refractivity contribution < 1.29 is 4.39 Å². The number of hydrogen-bond donors (Lipinski definition) is 2. The lowest BCUT2D eigenvalue weighted by Crippen LogP contribution is -2.21. The summed E-state index contributed by atoms with van der Waals surface area (Å²) in [6, 6.07) is 0. The molecule has 0 saturated heterocycles. The molecule has 11 heavy (non-hydrogen) atoms. The fourth-order valence-corrected chi connectivity index (χ4v) is 0.818. The smallest absolute Gasteiger partial charge is 0.308 e. The molecule has 1 radical (unpaired) electrons. The number of nitrogens with two attached hydrogens (primary N) is 1. The molecule has 0 fully saturated rings. The molecule has 1 aliphatic rings. The molecule has 2 rings (SSSR count). The minimum Gasteiger partial charge on any atom is -0.308 e. The number of aliphatic imine (C=N–C) groups is 1. The van der Waals surface area contributed by atoms with Gasteiger partial charge >= 0.3 is 11.8 Å². The summed E-state index contributed by atoms with van der Waals surface area (Å²) >= 11 is 0. The molecule has 1 aliphatic heterocycles. The number of guanidine groups is 1. The predicted molar refractivity (Wildman–Crippen MR) is 36.6 cm³/mol. The first-order valence-electron chi connectivity index (χ1n) is 2.89. The summed E-state index contributed by atoms with van der Waals surface area (Å²) in [5, 5.41) is 2.49. The van der Waals surface area contributed by atoms with Crippen molar-refractivity contribution >= 4 is 17.5 Å². The van der Waals surface area contributed by atoms with Crippen molar-refractivity contribution in [2.24, 2.45) is 5.73 Å². The summed E-state index contributed by atoms with van der Waals surface area (Å²) in [7, 11) is 0. The van der Waals surface area contributed by atoms with E-state index in [9.17, 15) is 4.39 Å². The molecule has 6 heteroatoms. The van der Waals surface area contributed by atoms with Gasteiger partial charge in [-0.25, -0.2) is 0 Å². The maximum atomic E-state index is 12.7. The largest absolute Gasteiger partial charge is 0.344 e. The topological polar surface area (TPSA) is 77.9 Å². The van der Waals surface area contributed by atoms with Gasteiger partial charge in [-0.3, -0.25) is 5.32 Å². The first kappa shape index (κ1) is 6.02. The van der Waals surface area contributed by atoms with Gasteiger partial charge in [-0.15, -0.1) is 4.98 Å². The van der Waals surface area contributed by atoms with Crippen LogP contribution in [0.5, 0.6) is 0 Å². The molecule has 0 aromatic carbocycles. The van der Waals surface area contributed by atoms with Crippen molar-refractivity contribution in [1.29, 1.82) is 0 Å². The molecule has 55 valence electrons. The molecule has 5 nitrogen and oxygen atoms in total. The summed E-state index contributed by atoms with van der Waals surface area (Å²) in [6.07, 6.45) is 1.10. The highest BCUT2D eigenvalue weighted by molar-refractivity contribution is 5.99. The Morgan fingerprint density at radius 1 is 1.55 bits per heavy atom. The number of halogens is 1. The maximum Gasteiger partial charge on any atom is 0.344 e. The summed E-state index contributed by atoms with van der Waals surface area (Å²) < 4.78 is 12.7. The van der Waals surface area contributed by atoms with Gasteiger partial charge in [0.25, 0.3) is 5.95 Å². The van der Waals surface area contributed by atoms with E-state index in [1.807, 2.05) is 0 Å². The van der Waals surface area contributed by atoms with Crippen LogP contribution in [0.3, 0.4) is 0 Å². The standard InChI is InChI=1S/C5H4FN5/c6-3-2-4(9-1-8-3)11-5(7)10-2/h1,10H,7H2/q+1. The number of fused-ring (bicyclic) bond motifs is 1. The highest BCUT2D eigenvalue weighted by Crippen LogP contribution is 2.21. The van der Waals surface area contributed by atoms with E-state index in [1.165, 1.54) is 0 Å². The van der Waals surface area contributed by atoms with Crippen LogP contribution < -0.4 is 16.0 Å². The monoisotopic (exact) mass is 153 g/mol. The van der Waals surface area contributed by atoms with E-state index in [0.717, 1.165) is 6.33 Å². The van der Waals surface area contributed by atoms with Gasteiger partial charge in [0.1, 0.15) is 0 Å². The molecular formula is C5H4FN5+. The number of anilines is 1. The first-order chi connectivity index (χ1) is 5.27. The van der Waals surface area contributed by atoms with Crippen molar-refractivity contribution in [1.82, 2.24) is 15.0 Å². The van der Waals surface area contributed by atoms with E-state index < -0.39 is 5.95 Å². The van der Waals surface area contributed by atoms with Crippen LogP contribution in [0.25, 0.3) is 0 Å². The average Bonchev–Trinajstić information content (AvgIpc) is 2.31. The zero-order chi connectivity index (χ0) is 7.84. The van der Waals surface area contributed by atoms with Crippen LogP contribution in [0.15, 0.2) is 6.33 Å². The highest BCUT2D eigenvalue weighted by atomic mass is 19.1. The Balaban J connectivity index is 2.59. The average molecular weight is 153 g/mol. The Kier molecular flexibility index (Phi) is 1.03. The lowest BCUT2D eigenvalue weighted by Gasteiger charge is -1.89. The quantitative estimate of drug-likeness (QED) is 0.484. The third-order valence-corrected chi connectivity index (χ3v) is 1.26. The van der Waals surface area contributed by atoms with Crippen LogP contribution in [0, 0.1) is 5.95 Å². The Hall–Kier alpha value is -1.72. The number of nitrogens with one attached hydrogen (secondary N) is 1. The first-order valence-corrected chi connectivity index (χ1v) is 2.89. The molecule has 0 unspecified atom stereocenters. The van der Waals surface area contributed by atoms with Crippen LogP contribution >= 0.6 is 0 Å². The normalized spacial score (nSPS) is 13.7. The zero-order valence-electron chi connectivity index (χ0n) is 5.37. The van der Waals surface area contributed by atoms with E-state index in [0.29, 0.717) is 0 Å².